The second-order valence-corrected chi connectivity index (χ2v) is 4.19. The number of hydrogen-bond acceptors (Lipinski definition) is 1. The molecule has 1 nitrogen and oxygen atoms in total. The van der Waals surface area contributed by atoms with Gasteiger partial charge in [0.2, 0.25) is 0 Å². The van der Waals surface area contributed by atoms with Gasteiger partial charge in [0.1, 0.15) is 5.82 Å². The Kier molecular flexibility index (Phi) is 2.65. The highest BCUT2D eigenvalue weighted by Crippen LogP contribution is 2.28. The van der Waals surface area contributed by atoms with E-state index < -0.39 is 0 Å². The fraction of sp³-hybridized carbons (Fsp3) is 0.400. The van der Waals surface area contributed by atoms with E-state index >= 15 is 0 Å². The van der Waals surface area contributed by atoms with Gasteiger partial charge in [-0.2, -0.15) is 0 Å². The second kappa shape index (κ2) is 3.76. The van der Waals surface area contributed by atoms with E-state index in [9.17, 15) is 4.39 Å². The molecule has 0 aliphatic carbocycles. The van der Waals surface area contributed by atoms with Crippen LogP contribution in [0.25, 0.3) is 0 Å². The van der Waals surface area contributed by atoms with Crippen LogP contribution in [-0.2, 0) is 0 Å². The monoisotopic (exact) mass is 243 g/mol. The van der Waals surface area contributed by atoms with Gasteiger partial charge in [-0.1, -0.05) is 12.1 Å². The summed E-state index contributed by atoms with van der Waals surface area (Å²) < 4.78 is 14.1. The quantitative estimate of drug-likeness (QED) is 0.800. The molecule has 13 heavy (non-hydrogen) atoms. The Morgan fingerprint density at radius 1 is 1.46 bits per heavy atom. The van der Waals surface area contributed by atoms with E-state index in [-0.39, 0.29) is 5.82 Å². The number of nitrogens with one attached hydrogen (secondary N) is 1. The fourth-order valence-electron chi connectivity index (χ4n) is 1.76. The van der Waals surface area contributed by atoms with Crippen LogP contribution < -0.4 is 5.32 Å². The van der Waals surface area contributed by atoms with Crippen LogP contribution in [0, 0.1) is 5.82 Å². The van der Waals surface area contributed by atoms with Crippen LogP contribution in [0.3, 0.4) is 0 Å². The van der Waals surface area contributed by atoms with Crippen LogP contribution in [0.5, 0.6) is 0 Å². The van der Waals surface area contributed by atoms with Gasteiger partial charge in [0, 0.05) is 12.5 Å². The van der Waals surface area contributed by atoms with E-state index in [0.717, 1.165) is 25.1 Å². The molecule has 70 valence electrons. The summed E-state index contributed by atoms with van der Waals surface area (Å²) >= 11 is 3.20. The number of rotatable bonds is 1. The molecule has 1 saturated heterocycles. The Balaban J connectivity index is 2.33. The van der Waals surface area contributed by atoms with Crippen molar-refractivity contribution < 1.29 is 4.39 Å². The van der Waals surface area contributed by atoms with Crippen molar-refractivity contribution in [2.45, 2.75) is 12.3 Å². The first-order valence-electron chi connectivity index (χ1n) is 4.43. The normalized spacial score (nSPS) is 22.2. The number of hydrogen-bond donors (Lipinski definition) is 1. The molecule has 1 aliphatic rings. The minimum absolute atomic E-state index is 0.101. The van der Waals surface area contributed by atoms with Crippen molar-refractivity contribution in [3.8, 4) is 0 Å². The SMILES string of the molecule is Fc1c(Br)cccc1[C@H]1CCNC1. The van der Waals surface area contributed by atoms with Gasteiger partial charge in [-0.3, -0.25) is 0 Å². The average molecular weight is 244 g/mol. The summed E-state index contributed by atoms with van der Waals surface area (Å²) in [5.74, 6) is 0.244. The standard InChI is InChI=1S/C10H11BrFN/c11-9-3-1-2-8(10(9)12)7-4-5-13-6-7/h1-3,7,13H,4-6H2/t7-/m0/s1. The molecule has 0 bridgehead atoms. The third-order valence-electron chi connectivity index (χ3n) is 2.48. The molecule has 1 aromatic rings. The summed E-state index contributed by atoms with van der Waals surface area (Å²) in [5.41, 5.74) is 0.833. The summed E-state index contributed by atoms with van der Waals surface area (Å²) in [4.78, 5) is 0. The highest BCUT2D eigenvalue weighted by molar-refractivity contribution is 9.10. The van der Waals surface area contributed by atoms with Crippen molar-refractivity contribution in [2.24, 2.45) is 0 Å². The van der Waals surface area contributed by atoms with Crippen LogP contribution in [0.1, 0.15) is 17.9 Å². The second-order valence-electron chi connectivity index (χ2n) is 3.33. The first-order chi connectivity index (χ1) is 6.29. The van der Waals surface area contributed by atoms with Crippen molar-refractivity contribution in [1.29, 1.82) is 0 Å². The van der Waals surface area contributed by atoms with E-state index in [1.54, 1.807) is 6.07 Å². The molecule has 1 aliphatic heterocycles. The van der Waals surface area contributed by atoms with Crippen molar-refractivity contribution in [3.05, 3.63) is 34.1 Å². The third kappa shape index (κ3) is 1.76. The molecule has 0 radical (unpaired) electrons. The molecular weight excluding hydrogens is 233 g/mol. The molecule has 0 spiro atoms. The zero-order valence-corrected chi connectivity index (χ0v) is 8.77. The Labute approximate surface area is 85.5 Å². The Hall–Kier alpha value is -0.410. The molecule has 0 unspecified atom stereocenters. The van der Waals surface area contributed by atoms with Gasteiger partial charge in [0.25, 0.3) is 0 Å². The molecule has 2 rings (SSSR count). The molecule has 3 heteroatoms. The molecule has 1 atom stereocenters. The van der Waals surface area contributed by atoms with Gasteiger partial charge >= 0.3 is 0 Å². The van der Waals surface area contributed by atoms with E-state index in [1.165, 1.54) is 0 Å². The van der Waals surface area contributed by atoms with E-state index in [1.807, 2.05) is 12.1 Å². The van der Waals surface area contributed by atoms with Crippen LogP contribution in [0.4, 0.5) is 4.39 Å². The van der Waals surface area contributed by atoms with Gasteiger partial charge in [-0.15, -0.1) is 0 Å². The maximum Gasteiger partial charge on any atom is 0.140 e. The van der Waals surface area contributed by atoms with E-state index in [2.05, 4.69) is 21.2 Å². The highest BCUT2D eigenvalue weighted by atomic mass is 79.9. The fourth-order valence-corrected chi connectivity index (χ4v) is 2.14. The van der Waals surface area contributed by atoms with E-state index in [4.69, 9.17) is 0 Å². The number of benzene rings is 1. The molecule has 1 fully saturated rings. The van der Waals surface area contributed by atoms with Crippen molar-refractivity contribution in [3.63, 3.8) is 0 Å². The predicted molar refractivity (Wildman–Crippen MR) is 54.3 cm³/mol. The molecule has 0 saturated carbocycles. The lowest BCUT2D eigenvalue weighted by Crippen LogP contribution is -2.09. The summed E-state index contributed by atoms with van der Waals surface area (Å²) in [6.45, 7) is 1.89. The Morgan fingerprint density at radius 3 is 3.00 bits per heavy atom. The zero-order chi connectivity index (χ0) is 9.26. The summed E-state index contributed by atoms with van der Waals surface area (Å²) in [6, 6.07) is 5.50. The average Bonchev–Trinajstić information content (AvgIpc) is 2.62. The molecule has 1 aromatic carbocycles. The Morgan fingerprint density at radius 2 is 2.31 bits per heavy atom. The van der Waals surface area contributed by atoms with Crippen LogP contribution in [0.2, 0.25) is 0 Å². The first kappa shape index (κ1) is 9.16. The minimum atomic E-state index is -0.101. The summed E-state index contributed by atoms with van der Waals surface area (Å²) in [5, 5.41) is 3.24. The Bertz CT molecular complexity index is 308. The highest BCUT2D eigenvalue weighted by Gasteiger charge is 2.20. The van der Waals surface area contributed by atoms with Gasteiger partial charge < -0.3 is 5.32 Å². The van der Waals surface area contributed by atoms with Gasteiger partial charge in [0.05, 0.1) is 4.47 Å². The summed E-state index contributed by atoms with van der Waals surface area (Å²) in [6.07, 6.45) is 1.04. The maximum absolute atomic E-state index is 13.6. The summed E-state index contributed by atoms with van der Waals surface area (Å²) in [7, 11) is 0. The lowest BCUT2D eigenvalue weighted by atomic mass is 9.98. The minimum Gasteiger partial charge on any atom is -0.316 e. The van der Waals surface area contributed by atoms with Crippen molar-refractivity contribution in [2.75, 3.05) is 13.1 Å². The largest absolute Gasteiger partial charge is 0.316 e. The smallest absolute Gasteiger partial charge is 0.140 e. The third-order valence-corrected chi connectivity index (χ3v) is 3.09. The first-order valence-corrected chi connectivity index (χ1v) is 5.23. The van der Waals surface area contributed by atoms with Gasteiger partial charge in [-0.05, 0) is 40.5 Å². The predicted octanol–water partition coefficient (Wildman–Crippen LogP) is 2.67. The topological polar surface area (TPSA) is 12.0 Å². The van der Waals surface area contributed by atoms with E-state index in [0.29, 0.717) is 10.4 Å². The molecule has 1 heterocycles. The molecule has 0 amide bonds. The lowest BCUT2D eigenvalue weighted by molar-refractivity contribution is 0.582. The van der Waals surface area contributed by atoms with Crippen LogP contribution >= 0.6 is 15.9 Å². The van der Waals surface area contributed by atoms with Crippen LogP contribution in [0.15, 0.2) is 22.7 Å². The molecule has 0 aromatic heterocycles. The lowest BCUT2D eigenvalue weighted by Gasteiger charge is -2.10. The van der Waals surface area contributed by atoms with Crippen LogP contribution in [-0.4, -0.2) is 13.1 Å². The van der Waals surface area contributed by atoms with Crippen molar-refractivity contribution in [1.82, 2.24) is 5.32 Å². The van der Waals surface area contributed by atoms with Gasteiger partial charge in [0.15, 0.2) is 0 Å². The maximum atomic E-state index is 13.6. The van der Waals surface area contributed by atoms with Crippen molar-refractivity contribution >= 4 is 15.9 Å². The number of halogens is 2. The molecular formula is C10H11BrFN. The molecule has 1 N–H and O–H groups in total. The van der Waals surface area contributed by atoms with Gasteiger partial charge in [-0.25, -0.2) is 4.39 Å². The zero-order valence-electron chi connectivity index (χ0n) is 7.19.